The molecule has 0 bridgehead atoms. The molecule has 6 nitrogen and oxygen atoms in total. The second kappa shape index (κ2) is 8.63. The smallest absolute Gasteiger partial charge is 0.243 e. The molecule has 23 heavy (non-hydrogen) atoms. The van der Waals surface area contributed by atoms with Crippen LogP contribution < -0.4 is 10.5 Å². The van der Waals surface area contributed by atoms with Crippen molar-refractivity contribution in [2.45, 2.75) is 37.2 Å². The summed E-state index contributed by atoms with van der Waals surface area (Å²) in [6.45, 7) is 4.69. The zero-order chi connectivity index (χ0) is 16.7. The largest absolute Gasteiger partial charge is 0.494 e. The molecule has 130 valence electrons. The van der Waals surface area contributed by atoms with E-state index in [1.807, 2.05) is 6.92 Å². The van der Waals surface area contributed by atoms with Crippen molar-refractivity contribution in [2.24, 2.45) is 5.73 Å². The van der Waals surface area contributed by atoms with Crippen molar-refractivity contribution in [2.75, 3.05) is 32.8 Å². The van der Waals surface area contributed by atoms with Gasteiger partial charge >= 0.3 is 0 Å². The maximum atomic E-state index is 12.7. The van der Waals surface area contributed by atoms with Gasteiger partial charge in [-0.05, 0) is 57.0 Å². The third-order valence-corrected chi connectivity index (χ3v) is 5.79. The quantitative estimate of drug-likeness (QED) is 0.726. The van der Waals surface area contributed by atoms with E-state index < -0.39 is 10.0 Å². The summed E-state index contributed by atoms with van der Waals surface area (Å²) in [5.74, 6) is 0.679. The van der Waals surface area contributed by atoms with Crippen molar-refractivity contribution in [3.63, 3.8) is 0 Å². The summed E-state index contributed by atoms with van der Waals surface area (Å²) in [4.78, 5) is 0.309. The molecule has 1 aliphatic rings. The summed E-state index contributed by atoms with van der Waals surface area (Å²) in [5, 5.41) is 0. The summed E-state index contributed by atoms with van der Waals surface area (Å²) in [7, 11) is -3.44. The summed E-state index contributed by atoms with van der Waals surface area (Å²) in [6, 6.07) is 6.59. The van der Waals surface area contributed by atoms with Crippen LogP contribution in [0.15, 0.2) is 29.2 Å². The Balaban J connectivity index is 1.93. The maximum absolute atomic E-state index is 12.7. The lowest BCUT2D eigenvalue weighted by Gasteiger charge is -2.31. The molecule has 1 aliphatic heterocycles. The zero-order valence-electron chi connectivity index (χ0n) is 13.6. The lowest BCUT2D eigenvalue weighted by atomic mass is 10.1. The molecule has 1 aromatic rings. The first-order valence-corrected chi connectivity index (χ1v) is 9.56. The fourth-order valence-corrected chi connectivity index (χ4v) is 4.07. The van der Waals surface area contributed by atoms with E-state index in [2.05, 4.69) is 0 Å². The van der Waals surface area contributed by atoms with Crippen LogP contribution in [0.4, 0.5) is 0 Å². The van der Waals surface area contributed by atoms with Crippen LogP contribution in [-0.2, 0) is 14.8 Å². The Hall–Kier alpha value is -1.15. The first kappa shape index (κ1) is 18.2. The molecule has 0 aromatic heterocycles. The van der Waals surface area contributed by atoms with E-state index in [9.17, 15) is 8.42 Å². The molecule has 1 heterocycles. The third-order valence-electron chi connectivity index (χ3n) is 3.88. The van der Waals surface area contributed by atoms with Gasteiger partial charge < -0.3 is 15.2 Å². The van der Waals surface area contributed by atoms with E-state index in [4.69, 9.17) is 15.2 Å². The van der Waals surface area contributed by atoms with Gasteiger partial charge in [-0.15, -0.1) is 0 Å². The Morgan fingerprint density at radius 1 is 1.22 bits per heavy atom. The fraction of sp³-hybridized carbons (Fsp3) is 0.625. The lowest BCUT2D eigenvalue weighted by Crippen LogP contribution is -2.40. The van der Waals surface area contributed by atoms with Crippen molar-refractivity contribution < 1.29 is 17.9 Å². The molecule has 0 amide bonds. The highest BCUT2D eigenvalue weighted by Crippen LogP contribution is 2.23. The summed E-state index contributed by atoms with van der Waals surface area (Å²) >= 11 is 0. The lowest BCUT2D eigenvalue weighted by molar-refractivity contribution is 0.0209. The number of hydrogen-bond donors (Lipinski definition) is 1. The second-order valence-corrected chi connectivity index (χ2v) is 7.46. The van der Waals surface area contributed by atoms with Gasteiger partial charge in [0.05, 0.1) is 17.6 Å². The predicted octanol–water partition coefficient (Wildman–Crippen LogP) is 1.60. The molecule has 0 unspecified atom stereocenters. The number of rotatable bonds is 8. The third kappa shape index (κ3) is 4.91. The highest BCUT2D eigenvalue weighted by Gasteiger charge is 2.29. The molecule has 2 N–H and O–H groups in total. The second-order valence-electron chi connectivity index (χ2n) is 5.52. The van der Waals surface area contributed by atoms with E-state index >= 15 is 0 Å². The van der Waals surface area contributed by atoms with Crippen molar-refractivity contribution in [3.8, 4) is 5.75 Å². The Bertz CT molecular complexity index is 566. The highest BCUT2D eigenvalue weighted by molar-refractivity contribution is 7.89. The number of hydrogen-bond acceptors (Lipinski definition) is 5. The van der Waals surface area contributed by atoms with Crippen LogP contribution in [0.3, 0.4) is 0 Å². The molecule has 0 spiro atoms. The number of sulfonamides is 1. The van der Waals surface area contributed by atoms with Gasteiger partial charge in [0.15, 0.2) is 0 Å². The van der Waals surface area contributed by atoms with Gasteiger partial charge in [-0.2, -0.15) is 4.31 Å². The molecule has 1 fully saturated rings. The Morgan fingerprint density at radius 3 is 2.43 bits per heavy atom. The Labute approximate surface area is 138 Å². The molecule has 1 aromatic carbocycles. The van der Waals surface area contributed by atoms with Crippen LogP contribution in [-0.4, -0.2) is 51.7 Å². The monoisotopic (exact) mass is 342 g/mol. The number of benzene rings is 1. The molecular weight excluding hydrogens is 316 g/mol. The van der Waals surface area contributed by atoms with Crippen LogP contribution in [0.25, 0.3) is 0 Å². The van der Waals surface area contributed by atoms with Crippen LogP contribution >= 0.6 is 0 Å². The average Bonchev–Trinajstić information content (AvgIpc) is 2.56. The number of ether oxygens (including phenoxy) is 2. The van der Waals surface area contributed by atoms with Gasteiger partial charge in [0, 0.05) is 19.7 Å². The minimum absolute atomic E-state index is 0.133. The van der Waals surface area contributed by atoms with Crippen LogP contribution in [0.2, 0.25) is 0 Å². The van der Waals surface area contributed by atoms with Gasteiger partial charge in [0.2, 0.25) is 10.0 Å². The minimum atomic E-state index is -3.44. The normalized spacial score (nSPS) is 17.3. The molecule has 1 saturated heterocycles. The van der Waals surface area contributed by atoms with Gasteiger partial charge in [-0.25, -0.2) is 8.42 Å². The number of nitrogens with two attached hydrogens (primary N) is 1. The first-order valence-electron chi connectivity index (χ1n) is 8.12. The van der Waals surface area contributed by atoms with E-state index in [-0.39, 0.29) is 6.10 Å². The SMILES string of the molecule is CCOc1ccc(S(=O)(=O)N2CCC(OCCCN)CC2)cc1. The number of nitrogens with zero attached hydrogens (tertiary/aromatic N) is 1. The average molecular weight is 342 g/mol. The highest BCUT2D eigenvalue weighted by atomic mass is 32.2. The minimum Gasteiger partial charge on any atom is -0.494 e. The molecule has 0 aliphatic carbocycles. The summed E-state index contributed by atoms with van der Waals surface area (Å²) in [6.07, 6.45) is 2.42. The summed E-state index contributed by atoms with van der Waals surface area (Å²) < 4.78 is 37.9. The zero-order valence-corrected chi connectivity index (χ0v) is 14.4. The summed E-state index contributed by atoms with van der Waals surface area (Å²) in [5.41, 5.74) is 5.44. The van der Waals surface area contributed by atoms with Crippen LogP contribution in [0.5, 0.6) is 5.75 Å². The van der Waals surface area contributed by atoms with E-state index in [1.54, 1.807) is 24.3 Å². The van der Waals surface area contributed by atoms with E-state index in [0.717, 1.165) is 19.3 Å². The van der Waals surface area contributed by atoms with Gasteiger partial charge in [0.1, 0.15) is 5.75 Å². The Kier molecular flexibility index (Phi) is 6.83. The van der Waals surface area contributed by atoms with Crippen LogP contribution in [0.1, 0.15) is 26.2 Å². The van der Waals surface area contributed by atoms with Crippen molar-refractivity contribution in [1.29, 1.82) is 0 Å². The van der Waals surface area contributed by atoms with Gasteiger partial charge in [0.25, 0.3) is 0 Å². The van der Waals surface area contributed by atoms with Gasteiger partial charge in [-0.1, -0.05) is 0 Å². The molecule has 2 rings (SSSR count). The van der Waals surface area contributed by atoms with Crippen molar-refractivity contribution in [1.82, 2.24) is 4.31 Å². The molecule has 0 atom stereocenters. The van der Waals surface area contributed by atoms with Crippen LogP contribution in [0, 0.1) is 0 Å². The molecule has 0 saturated carbocycles. The first-order chi connectivity index (χ1) is 11.1. The maximum Gasteiger partial charge on any atom is 0.243 e. The molecule has 7 heteroatoms. The molecule has 0 radical (unpaired) electrons. The topological polar surface area (TPSA) is 81.9 Å². The van der Waals surface area contributed by atoms with Gasteiger partial charge in [-0.3, -0.25) is 0 Å². The standard InChI is InChI=1S/C16H26N2O4S/c1-2-21-14-4-6-16(7-5-14)23(19,20)18-11-8-15(9-12-18)22-13-3-10-17/h4-7,15H,2-3,8-13,17H2,1H3. The predicted molar refractivity (Wildman–Crippen MR) is 89.0 cm³/mol. The van der Waals surface area contributed by atoms with E-state index in [0.29, 0.717) is 43.5 Å². The van der Waals surface area contributed by atoms with Crippen molar-refractivity contribution >= 4 is 10.0 Å². The molecular formula is C16H26N2O4S. The fourth-order valence-electron chi connectivity index (χ4n) is 2.60. The Morgan fingerprint density at radius 2 is 1.87 bits per heavy atom. The number of piperidine rings is 1. The van der Waals surface area contributed by atoms with E-state index in [1.165, 1.54) is 4.31 Å². The van der Waals surface area contributed by atoms with Crippen molar-refractivity contribution in [3.05, 3.63) is 24.3 Å².